The van der Waals surface area contributed by atoms with E-state index in [1.807, 2.05) is 43.0 Å². The van der Waals surface area contributed by atoms with Crippen LogP contribution < -0.4 is 5.73 Å². The normalized spacial score (nSPS) is 16.7. The molecular weight excluding hydrogens is 266 g/mol. The van der Waals surface area contributed by atoms with Crippen LogP contribution >= 0.6 is 0 Å². The van der Waals surface area contributed by atoms with Crippen LogP contribution in [0.2, 0.25) is 0 Å². The van der Waals surface area contributed by atoms with Crippen LogP contribution in [0.25, 0.3) is 0 Å². The molecule has 2 rings (SSSR count). The van der Waals surface area contributed by atoms with Crippen LogP contribution in [0.15, 0.2) is 24.3 Å². The highest BCUT2D eigenvalue weighted by Gasteiger charge is 2.26. The summed E-state index contributed by atoms with van der Waals surface area (Å²) in [7, 11) is 0. The third-order valence-electron chi connectivity index (χ3n) is 3.95. The molecule has 1 heterocycles. The summed E-state index contributed by atoms with van der Waals surface area (Å²) in [6.07, 6.45) is 0. The van der Waals surface area contributed by atoms with E-state index < -0.39 is 0 Å². The van der Waals surface area contributed by atoms with E-state index in [1.54, 1.807) is 4.90 Å². The van der Waals surface area contributed by atoms with Crippen molar-refractivity contribution in [3.8, 4) is 0 Å². The summed E-state index contributed by atoms with van der Waals surface area (Å²) in [6, 6.07) is 7.59. The minimum Gasteiger partial charge on any atom is -0.339 e. The van der Waals surface area contributed by atoms with E-state index >= 15 is 0 Å². The molecule has 1 atom stereocenters. The summed E-state index contributed by atoms with van der Waals surface area (Å²) >= 11 is 0. The topological polar surface area (TPSA) is 66.6 Å². The zero-order chi connectivity index (χ0) is 15.4. The number of nitrogens with two attached hydrogens (primary N) is 1. The fourth-order valence-electron chi connectivity index (χ4n) is 2.42. The Morgan fingerprint density at radius 2 is 1.62 bits per heavy atom. The SMILES string of the molecule is Cc1ccc(C(=O)N2CCN(C(=O)C(C)CN)CC2)cc1. The quantitative estimate of drug-likeness (QED) is 0.898. The molecule has 5 heteroatoms. The van der Waals surface area contributed by atoms with Gasteiger partial charge in [-0.2, -0.15) is 0 Å². The smallest absolute Gasteiger partial charge is 0.253 e. The van der Waals surface area contributed by atoms with Gasteiger partial charge in [-0.3, -0.25) is 9.59 Å². The Hall–Kier alpha value is -1.88. The molecule has 1 fully saturated rings. The maximum Gasteiger partial charge on any atom is 0.253 e. The van der Waals surface area contributed by atoms with Gasteiger partial charge in [0.25, 0.3) is 5.91 Å². The first-order valence-electron chi connectivity index (χ1n) is 7.37. The first kappa shape index (κ1) is 15.5. The number of hydrogen-bond donors (Lipinski definition) is 1. The van der Waals surface area contributed by atoms with Crippen LogP contribution in [0.1, 0.15) is 22.8 Å². The minimum absolute atomic E-state index is 0.0361. The lowest BCUT2D eigenvalue weighted by atomic mass is 10.1. The van der Waals surface area contributed by atoms with Gasteiger partial charge in [-0.1, -0.05) is 24.6 Å². The molecule has 0 saturated carbocycles. The summed E-state index contributed by atoms with van der Waals surface area (Å²) in [5.74, 6) is -0.0294. The van der Waals surface area contributed by atoms with Crippen molar-refractivity contribution in [3.63, 3.8) is 0 Å². The molecule has 2 amide bonds. The van der Waals surface area contributed by atoms with Crippen LogP contribution in [0.4, 0.5) is 0 Å². The summed E-state index contributed by atoms with van der Waals surface area (Å²) in [4.78, 5) is 28.0. The van der Waals surface area contributed by atoms with Gasteiger partial charge >= 0.3 is 0 Å². The highest BCUT2D eigenvalue weighted by molar-refractivity contribution is 5.94. The number of aryl methyl sites for hydroxylation is 1. The molecule has 0 aliphatic carbocycles. The highest BCUT2D eigenvalue weighted by atomic mass is 16.2. The zero-order valence-corrected chi connectivity index (χ0v) is 12.7. The molecule has 2 N–H and O–H groups in total. The second kappa shape index (κ2) is 6.72. The largest absolute Gasteiger partial charge is 0.339 e. The fraction of sp³-hybridized carbons (Fsp3) is 0.500. The number of carbonyl (C=O) groups is 2. The Bertz CT molecular complexity index is 505. The molecular formula is C16H23N3O2. The molecule has 5 nitrogen and oxygen atoms in total. The Kier molecular flexibility index (Phi) is 4.96. The van der Waals surface area contributed by atoms with E-state index in [1.165, 1.54) is 0 Å². The van der Waals surface area contributed by atoms with E-state index in [4.69, 9.17) is 5.73 Å². The standard InChI is InChI=1S/C16H23N3O2/c1-12-3-5-14(6-4-12)16(21)19-9-7-18(8-10-19)15(20)13(2)11-17/h3-6,13H,7-11,17H2,1-2H3. The lowest BCUT2D eigenvalue weighted by Gasteiger charge is -2.36. The van der Waals surface area contributed by atoms with E-state index in [0.29, 0.717) is 38.3 Å². The van der Waals surface area contributed by atoms with Crippen molar-refractivity contribution in [2.24, 2.45) is 11.7 Å². The number of nitrogens with zero attached hydrogens (tertiary/aromatic N) is 2. The molecule has 1 aliphatic rings. The molecule has 1 aromatic rings. The van der Waals surface area contributed by atoms with Crippen molar-refractivity contribution >= 4 is 11.8 Å². The lowest BCUT2D eigenvalue weighted by molar-refractivity contribution is -0.136. The van der Waals surface area contributed by atoms with E-state index in [-0.39, 0.29) is 17.7 Å². The summed E-state index contributed by atoms with van der Waals surface area (Å²) in [5, 5.41) is 0. The third kappa shape index (κ3) is 3.61. The summed E-state index contributed by atoms with van der Waals surface area (Å²) in [6.45, 7) is 6.53. The highest BCUT2D eigenvalue weighted by Crippen LogP contribution is 2.11. The maximum atomic E-state index is 12.4. The van der Waals surface area contributed by atoms with Crippen molar-refractivity contribution < 1.29 is 9.59 Å². The van der Waals surface area contributed by atoms with Crippen LogP contribution in [0.5, 0.6) is 0 Å². The molecule has 0 aromatic heterocycles. The van der Waals surface area contributed by atoms with Crippen molar-refractivity contribution in [2.45, 2.75) is 13.8 Å². The van der Waals surface area contributed by atoms with Gasteiger partial charge in [-0.25, -0.2) is 0 Å². The predicted octanol–water partition coefficient (Wildman–Crippen LogP) is 0.874. The van der Waals surface area contributed by atoms with Crippen molar-refractivity contribution in [1.82, 2.24) is 9.80 Å². The zero-order valence-electron chi connectivity index (χ0n) is 12.7. The first-order chi connectivity index (χ1) is 10.0. The van der Waals surface area contributed by atoms with Gasteiger partial charge in [0.1, 0.15) is 0 Å². The van der Waals surface area contributed by atoms with E-state index in [2.05, 4.69) is 0 Å². The third-order valence-corrected chi connectivity index (χ3v) is 3.95. The van der Waals surface area contributed by atoms with E-state index in [0.717, 1.165) is 5.56 Å². The molecule has 0 bridgehead atoms. The maximum absolute atomic E-state index is 12.4. The Balaban J connectivity index is 1.93. The van der Waals surface area contributed by atoms with Crippen molar-refractivity contribution in [3.05, 3.63) is 35.4 Å². The average molecular weight is 289 g/mol. The molecule has 1 aromatic carbocycles. The van der Waals surface area contributed by atoms with Crippen LogP contribution in [-0.4, -0.2) is 54.3 Å². The van der Waals surface area contributed by atoms with Gasteiger partial charge in [0.05, 0.1) is 0 Å². The number of piperazine rings is 1. The van der Waals surface area contributed by atoms with Crippen molar-refractivity contribution in [2.75, 3.05) is 32.7 Å². The second-order valence-corrected chi connectivity index (χ2v) is 5.62. The predicted molar refractivity (Wildman–Crippen MR) is 81.9 cm³/mol. The number of hydrogen-bond acceptors (Lipinski definition) is 3. The molecule has 1 aliphatic heterocycles. The first-order valence-corrected chi connectivity index (χ1v) is 7.37. The number of benzene rings is 1. The van der Waals surface area contributed by atoms with Gasteiger partial charge in [-0.15, -0.1) is 0 Å². The Labute approximate surface area is 125 Å². The van der Waals surface area contributed by atoms with Gasteiger partial charge < -0.3 is 15.5 Å². The monoisotopic (exact) mass is 289 g/mol. The van der Waals surface area contributed by atoms with Gasteiger partial charge in [0, 0.05) is 44.2 Å². The number of amides is 2. The lowest BCUT2D eigenvalue weighted by Crippen LogP contribution is -2.52. The van der Waals surface area contributed by atoms with E-state index in [9.17, 15) is 9.59 Å². The summed E-state index contributed by atoms with van der Waals surface area (Å²) in [5.41, 5.74) is 7.37. The van der Waals surface area contributed by atoms with Gasteiger partial charge in [-0.05, 0) is 19.1 Å². The molecule has 21 heavy (non-hydrogen) atoms. The molecule has 0 spiro atoms. The van der Waals surface area contributed by atoms with Crippen LogP contribution in [0, 0.1) is 12.8 Å². The Morgan fingerprint density at radius 3 is 2.14 bits per heavy atom. The number of rotatable bonds is 3. The molecule has 1 saturated heterocycles. The summed E-state index contributed by atoms with van der Waals surface area (Å²) < 4.78 is 0. The fourth-order valence-corrected chi connectivity index (χ4v) is 2.42. The second-order valence-electron chi connectivity index (χ2n) is 5.62. The molecule has 114 valence electrons. The Morgan fingerprint density at radius 1 is 1.10 bits per heavy atom. The van der Waals surface area contributed by atoms with Crippen LogP contribution in [-0.2, 0) is 4.79 Å². The number of carbonyl (C=O) groups excluding carboxylic acids is 2. The van der Waals surface area contributed by atoms with Crippen molar-refractivity contribution in [1.29, 1.82) is 0 Å². The van der Waals surface area contributed by atoms with Gasteiger partial charge in [0.15, 0.2) is 0 Å². The molecule has 1 unspecified atom stereocenters. The van der Waals surface area contributed by atoms with Crippen LogP contribution in [0.3, 0.4) is 0 Å². The van der Waals surface area contributed by atoms with Gasteiger partial charge in [0.2, 0.25) is 5.91 Å². The minimum atomic E-state index is -0.149. The molecule has 0 radical (unpaired) electrons. The average Bonchev–Trinajstić information content (AvgIpc) is 2.53.